The fourth-order valence-electron chi connectivity index (χ4n) is 4.83. The van der Waals surface area contributed by atoms with Crippen molar-refractivity contribution in [3.05, 3.63) is 47.8 Å². The Kier molecular flexibility index (Phi) is 4.97. The van der Waals surface area contributed by atoms with E-state index in [2.05, 4.69) is 47.8 Å². The second-order valence-electron chi connectivity index (χ2n) is 9.27. The average molecular weight is 462 g/mol. The number of hydrogen-bond donors (Lipinski definition) is 0. The number of benzene rings is 1. The van der Waals surface area contributed by atoms with E-state index in [9.17, 15) is 0 Å². The van der Waals surface area contributed by atoms with Gasteiger partial charge in [-0.15, -0.1) is 11.3 Å². The van der Waals surface area contributed by atoms with Gasteiger partial charge in [-0.2, -0.15) is 0 Å². The summed E-state index contributed by atoms with van der Waals surface area (Å²) < 4.78 is 12.9. The van der Waals surface area contributed by atoms with Crippen molar-refractivity contribution in [2.24, 2.45) is 0 Å². The molecule has 0 atom stereocenters. The molecule has 0 aliphatic carbocycles. The fraction of sp³-hybridized carbons (Fsp3) is 0.400. The highest BCUT2D eigenvalue weighted by Crippen LogP contribution is 2.45. The molecule has 0 N–H and O–H groups in total. The number of nitrogens with zero attached hydrogens (tertiary/aromatic N) is 5. The summed E-state index contributed by atoms with van der Waals surface area (Å²) in [5, 5.41) is 1.16. The molecule has 0 amide bonds. The summed E-state index contributed by atoms with van der Waals surface area (Å²) in [7, 11) is 2.06. The number of ether oxygens (including phenoxy) is 2. The van der Waals surface area contributed by atoms with Crippen molar-refractivity contribution in [2.45, 2.75) is 32.5 Å². The lowest BCUT2D eigenvalue weighted by Crippen LogP contribution is -2.39. The van der Waals surface area contributed by atoms with Crippen LogP contribution in [0.2, 0.25) is 0 Å². The SMILES string of the molecule is CN(c1ccccc1)c1ncnc2c1sc1nc(N3CCOCC3)c3c(c12)CC(C)(C)OC3. The Morgan fingerprint density at radius 2 is 1.85 bits per heavy atom. The van der Waals surface area contributed by atoms with Crippen molar-refractivity contribution in [1.29, 1.82) is 0 Å². The molecule has 7 nitrogen and oxygen atoms in total. The van der Waals surface area contributed by atoms with Crippen LogP contribution in [-0.2, 0) is 22.5 Å². The third-order valence-electron chi connectivity index (χ3n) is 6.56. The van der Waals surface area contributed by atoms with E-state index >= 15 is 0 Å². The van der Waals surface area contributed by atoms with Crippen LogP contribution in [0.15, 0.2) is 36.7 Å². The first-order chi connectivity index (χ1) is 16.0. The number of aromatic nitrogens is 3. The Labute approximate surface area is 197 Å². The van der Waals surface area contributed by atoms with Gasteiger partial charge in [-0.25, -0.2) is 15.0 Å². The number of anilines is 3. The lowest BCUT2D eigenvalue weighted by atomic mass is 9.90. The molecule has 6 rings (SSSR count). The lowest BCUT2D eigenvalue weighted by Gasteiger charge is -2.36. The van der Waals surface area contributed by atoms with Crippen LogP contribution in [0.1, 0.15) is 25.0 Å². The number of para-hydroxylation sites is 1. The van der Waals surface area contributed by atoms with Gasteiger partial charge < -0.3 is 19.3 Å². The number of fused-ring (bicyclic) bond motifs is 5. The second-order valence-corrected chi connectivity index (χ2v) is 10.3. The summed E-state index contributed by atoms with van der Waals surface area (Å²) in [5.41, 5.74) is 4.36. The summed E-state index contributed by atoms with van der Waals surface area (Å²) in [6.07, 6.45) is 2.51. The number of morpholine rings is 1. The van der Waals surface area contributed by atoms with Gasteiger partial charge >= 0.3 is 0 Å². The molecule has 1 saturated heterocycles. The summed E-state index contributed by atoms with van der Waals surface area (Å²) in [6, 6.07) is 10.3. The number of rotatable bonds is 3. The van der Waals surface area contributed by atoms with Crippen molar-refractivity contribution in [2.75, 3.05) is 43.2 Å². The normalized spacial score (nSPS) is 18.0. The van der Waals surface area contributed by atoms with E-state index < -0.39 is 0 Å². The molecule has 2 aliphatic heterocycles. The van der Waals surface area contributed by atoms with E-state index in [1.807, 2.05) is 18.2 Å². The molecule has 2 aliphatic rings. The topological polar surface area (TPSA) is 63.6 Å². The molecule has 0 saturated carbocycles. The van der Waals surface area contributed by atoms with E-state index in [0.717, 1.165) is 70.5 Å². The van der Waals surface area contributed by atoms with Crippen LogP contribution in [0, 0.1) is 0 Å². The van der Waals surface area contributed by atoms with E-state index in [1.54, 1.807) is 17.7 Å². The van der Waals surface area contributed by atoms with Crippen molar-refractivity contribution in [1.82, 2.24) is 15.0 Å². The Hall–Kier alpha value is -2.81. The predicted octanol–water partition coefficient (Wildman–Crippen LogP) is 4.70. The molecule has 1 fully saturated rings. The zero-order valence-corrected chi connectivity index (χ0v) is 20.0. The largest absolute Gasteiger partial charge is 0.378 e. The zero-order valence-electron chi connectivity index (χ0n) is 19.2. The van der Waals surface area contributed by atoms with Crippen molar-refractivity contribution in [3.8, 4) is 0 Å². The predicted molar refractivity (Wildman–Crippen MR) is 133 cm³/mol. The highest BCUT2D eigenvalue weighted by atomic mass is 32.1. The number of hydrogen-bond acceptors (Lipinski definition) is 8. The van der Waals surface area contributed by atoms with Gasteiger partial charge in [0.15, 0.2) is 5.82 Å². The standard InChI is InChI=1S/C25H27N5O2S/c1-25(2)13-17-18(14-32-25)22(30-9-11-31-12-10-30)28-24-19(17)20-21(33-24)23(27-15-26-20)29(3)16-7-5-4-6-8-16/h4-8,15H,9-14H2,1-3H3. The molecule has 170 valence electrons. The third-order valence-corrected chi connectivity index (χ3v) is 7.63. The Balaban J connectivity index is 1.59. The lowest BCUT2D eigenvalue weighted by molar-refractivity contribution is -0.0396. The van der Waals surface area contributed by atoms with Crippen LogP contribution in [0.5, 0.6) is 0 Å². The van der Waals surface area contributed by atoms with Crippen molar-refractivity contribution >= 4 is 49.1 Å². The molecule has 3 aromatic heterocycles. The third kappa shape index (κ3) is 3.53. The molecule has 4 aromatic rings. The monoisotopic (exact) mass is 461 g/mol. The Morgan fingerprint density at radius 1 is 1.06 bits per heavy atom. The second kappa shape index (κ2) is 7.90. The zero-order chi connectivity index (χ0) is 22.6. The van der Waals surface area contributed by atoms with Gasteiger partial charge in [0.25, 0.3) is 0 Å². The molecule has 0 unspecified atom stereocenters. The first-order valence-corrected chi connectivity index (χ1v) is 12.2. The van der Waals surface area contributed by atoms with Crippen LogP contribution in [0.4, 0.5) is 17.3 Å². The van der Waals surface area contributed by atoms with Crippen LogP contribution in [-0.4, -0.2) is 53.9 Å². The molecule has 0 bridgehead atoms. The van der Waals surface area contributed by atoms with Crippen molar-refractivity contribution < 1.29 is 9.47 Å². The minimum atomic E-state index is -0.228. The summed E-state index contributed by atoms with van der Waals surface area (Å²) in [6.45, 7) is 8.04. The first kappa shape index (κ1) is 20.8. The Morgan fingerprint density at radius 3 is 2.64 bits per heavy atom. The van der Waals surface area contributed by atoms with Crippen LogP contribution in [0.25, 0.3) is 20.4 Å². The molecular formula is C25H27N5O2S. The van der Waals surface area contributed by atoms with Gasteiger partial charge in [-0.1, -0.05) is 18.2 Å². The van der Waals surface area contributed by atoms with Crippen LogP contribution in [0.3, 0.4) is 0 Å². The Bertz CT molecular complexity index is 1330. The van der Waals surface area contributed by atoms with Crippen molar-refractivity contribution in [3.63, 3.8) is 0 Å². The minimum Gasteiger partial charge on any atom is -0.378 e. The summed E-state index contributed by atoms with van der Waals surface area (Å²) in [4.78, 5) is 20.1. The highest BCUT2D eigenvalue weighted by molar-refractivity contribution is 7.26. The molecule has 0 spiro atoms. The molecule has 5 heterocycles. The minimum absolute atomic E-state index is 0.228. The van der Waals surface area contributed by atoms with Gasteiger partial charge in [0.2, 0.25) is 0 Å². The maximum Gasteiger partial charge on any atom is 0.154 e. The molecule has 8 heteroatoms. The summed E-state index contributed by atoms with van der Waals surface area (Å²) in [5.74, 6) is 1.94. The first-order valence-electron chi connectivity index (χ1n) is 11.4. The van der Waals surface area contributed by atoms with Crippen LogP contribution >= 0.6 is 11.3 Å². The molecular weight excluding hydrogens is 434 g/mol. The maximum atomic E-state index is 6.25. The molecule has 1 aromatic carbocycles. The van der Waals surface area contributed by atoms with Gasteiger partial charge in [0, 0.05) is 43.2 Å². The quantitative estimate of drug-likeness (QED) is 0.438. The van der Waals surface area contributed by atoms with E-state index in [-0.39, 0.29) is 5.60 Å². The van der Waals surface area contributed by atoms with Gasteiger partial charge in [0.05, 0.1) is 35.6 Å². The maximum absolute atomic E-state index is 6.25. The molecule has 33 heavy (non-hydrogen) atoms. The number of pyridine rings is 1. The van der Waals surface area contributed by atoms with Crippen LogP contribution < -0.4 is 9.80 Å². The highest BCUT2D eigenvalue weighted by Gasteiger charge is 2.33. The summed E-state index contributed by atoms with van der Waals surface area (Å²) >= 11 is 1.69. The van der Waals surface area contributed by atoms with E-state index in [1.165, 1.54) is 11.1 Å². The van der Waals surface area contributed by atoms with Gasteiger partial charge in [0.1, 0.15) is 17.0 Å². The van der Waals surface area contributed by atoms with E-state index in [4.69, 9.17) is 19.4 Å². The fourth-order valence-corrected chi connectivity index (χ4v) is 6.01. The smallest absolute Gasteiger partial charge is 0.154 e. The van der Waals surface area contributed by atoms with E-state index in [0.29, 0.717) is 6.61 Å². The van der Waals surface area contributed by atoms with Gasteiger partial charge in [-0.3, -0.25) is 0 Å². The average Bonchev–Trinajstić information content (AvgIpc) is 3.22. The molecule has 0 radical (unpaired) electrons. The number of thiophene rings is 1. The van der Waals surface area contributed by atoms with Gasteiger partial charge in [-0.05, 0) is 31.5 Å².